The summed E-state index contributed by atoms with van der Waals surface area (Å²) in [6, 6.07) is 12.6. The number of allylic oxidation sites excluding steroid dienone is 2. The van der Waals surface area contributed by atoms with Gasteiger partial charge >= 0.3 is 5.97 Å². The molecular weight excluding hydrogens is 398 g/mol. The predicted octanol–water partition coefficient (Wildman–Crippen LogP) is 3.19. The summed E-state index contributed by atoms with van der Waals surface area (Å²) in [4.78, 5) is 51.0. The van der Waals surface area contributed by atoms with E-state index < -0.39 is 12.6 Å². The Balaban J connectivity index is 1.38. The van der Waals surface area contributed by atoms with Crippen LogP contribution in [0, 0.1) is 11.8 Å². The minimum absolute atomic E-state index is 0.209. The zero-order chi connectivity index (χ0) is 22.0. The summed E-state index contributed by atoms with van der Waals surface area (Å²) < 4.78 is 10.2. The lowest BCUT2D eigenvalue weighted by atomic mass is 9.85. The number of amides is 2. The smallest absolute Gasteiger partial charge is 0.338 e. The highest BCUT2D eigenvalue weighted by Gasteiger charge is 2.47. The van der Waals surface area contributed by atoms with Crippen LogP contribution in [0.3, 0.4) is 0 Å². The molecule has 0 spiro atoms. The maximum absolute atomic E-state index is 12.7. The number of esters is 1. The molecular formula is C24H21NO6. The number of carbonyl (C=O) groups excluding carboxylic acids is 4. The second-order valence-corrected chi connectivity index (χ2v) is 7.44. The van der Waals surface area contributed by atoms with Crippen LogP contribution in [0.5, 0.6) is 5.75 Å². The summed E-state index contributed by atoms with van der Waals surface area (Å²) in [6.45, 7) is -0.396. The zero-order valence-corrected chi connectivity index (χ0v) is 16.9. The number of nitrogens with zero attached hydrogens (tertiary/aromatic N) is 1. The summed E-state index contributed by atoms with van der Waals surface area (Å²) in [6.07, 6.45) is 5.00. The third-order valence-corrected chi connectivity index (χ3v) is 5.62. The maximum Gasteiger partial charge on any atom is 0.338 e. The Bertz CT molecular complexity index is 1030. The third-order valence-electron chi connectivity index (χ3n) is 5.62. The van der Waals surface area contributed by atoms with Crippen molar-refractivity contribution in [1.29, 1.82) is 0 Å². The lowest BCUT2D eigenvalue weighted by molar-refractivity contribution is -0.122. The van der Waals surface area contributed by atoms with Gasteiger partial charge in [0.05, 0.1) is 30.2 Å². The number of rotatable bonds is 6. The van der Waals surface area contributed by atoms with Crippen LogP contribution in [-0.2, 0) is 14.3 Å². The van der Waals surface area contributed by atoms with Crippen molar-refractivity contribution in [3.05, 3.63) is 71.8 Å². The molecule has 7 nitrogen and oxygen atoms in total. The van der Waals surface area contributed by atoms with Crippen LogP contribution in [-0.4, -0.2) is 37.3 Å². The Morgan fingerprint density at radius 2 is 1.42 bits per heavy atom. The fraction of sp³-hybridized carbons (Fsp3) is 0.250. The van der Waals surface area contributed by atoms with Crippen LogP contribution in [0.1, 0.15) is 33.6 Å². The zero-order valence-electron chi connectivity index (χ0n) is 16.9. The summed E-state index contributed by atoms with van der Waals surface area (Å²) >= 11 is 0. The third kappa shape index (κ3) is 3.99. The van der Waals surface area contributed by atoms with Crippen molar-refractivity contribution in [1.82, 2.24) is 0 Å². The molecule has 0 aromatic heterocycles. The van der Waals surface area contributed by atoms with E-state index in [0.29, 0.717) is 29.8 Å². The van der Waals surface area contributed by atoms with Gasteiger partial charge in [-0.15, -0.1) is 0 Å². The van der Waals surface area contributed by atoms with Crippen LogP contribution in [0.4, 0.5) is 5.69 Å². The molecule has 2 amide bonds. The molecule has 2 aliphatic rings. The number of methoxy groups -OCH3 is 1. The number of ether oxygens (including phenoxy) is 2. The summed E-state index contributed by atoms with van der Waals surface area (Å²) in [5.41, 5.74) is 1.06. The summed E-state index contributed by atoms with van der Waals surface area (Å²) in [7, 11) is 1.53. The van der Waals surface area contributed by atoms with Gasteiger partial charge in [-0.1, -0.05) is 12.2 Å². The van der Waals surface area contributed by atoms with Gasteiger partial charge in [-0.3, -0.25) is 19.3 Å². The van der Waals surface area contributed by atoms with Crippen LogP contribution >= 0.6 is 0 Å². The van der Waals surface area contributed by atoms with Crippen molar-refractivity contribution in [3.63, 3.8) is 0 Å². The number of hydrogen-bond donors (Lipinski definition) is 0. The Kier molecular flexibility index (Phi) is 5.66. The van der Waals surface area contributed by atoms with Crippen LogP contribution in [0.25, 0.3) is 0 Å². The molecule has 1 fully saturated rings. The van der Waals surface area contributed by atoms with Gasteiger partial charge < -0.3 is 9.47 Å². The number of imide groups is 1. The highest BCUT2D eigenvalue weighted by Crippen LogP contribution is 2.37. The van der Waals surface area contributed by atoms with Crippen molar-refractivity contribution >= 4 is 29.3 Å². The topological polar surface area (TPSA) is 90.0 Å². The van der Waals surface area contributed by atoms with Crippen LogP contribution < -0.4 is 9.64 Å². The first kappa shape index (κ1) is 20.5. The van der Waals surface area contributed by atoms with E-state index in [4.69, 9.17) is 9.47 Å². The van der Waals surface area contributed by atoms with E-state index in [-0.39, 0.29) is 35.0 Å². The number of hydrogen-bond acceptors (Lipinski definition) is 6. The highest BCUT2D eigenvalue weighted by atomic mass is 16.5. The van der Waals surface area contributed by atoms with E-state index in [0.717, 1.165) is 0 Å². The standard InChI is InChI=1S/C24H21NO6/c1-30-18-12-8-15(9-13-18)21(26)14-31-24(29)16-6-10-17(11-7-16)25-22(27)19-4-2-3-5-20(19)23(25)28/h2-3,6-13,19-20H,4-5,14H2,1H3/t19-,20-/m1/s1. The van der Waals surface area contributed by atoms with Gasteiger partial charge in [0, 0.05) is 5.56 Å². The Hall–Kier alpha value is -3.74. The summed E-state index contributed by atoms with van der Waals surface area (Å²) in [5, 5.41) is 0. The molecule has 158 valence electrons. The Morgan fingerprint density at radius 3 is 1.97 bits per heavy atom. The molecule has 1 aliphatic heterocycles. The van der Waals surface area contributed by atoms with E-state index in [9.17, 15) is 19.2 Å². The quantitative estimate of drug-likeness (QED) is 0.309. The molecule has 2 atom stereocenters. The normalized spacial score (nSPS) is 19.8. The average Bonchev–Trinajstić information content (AvgIpc) is 3.07. The van der Waals surface area contributed by atoms with E-state index in [1.807, 2.05) is 12.2 Å². The number of anilines is 1. The monoisotopic (exact) mass is 419 g/mol. The molecule has 0 saturated carbocycles. The molecule has 1 saturated heterocycles. The molecule has 0 unspecified atom stereocenters. The number of fused-ring (bicyclic) bond motifs is 1. The molecule has 0 N–H and O–H groups in total. The molecule has 0 bridgehead atoms. The van der Waals surface area contributed by atoms with Gasteiger partial charge in [-0.2, -0.15) is 0 Å². The lowest BCUT2D eigenvalue weighted by Gasteiger charge is -2.15. The largest absolute Gasteiger partial charge is 0.497 e. The Labute approximate surface area is 179 Å². The minimum atomic E-state index is -0.662. The predicted molar refractivity (Wildman–Crippen MR) is 112 cm³/mol. The lowest BCUT2D eigenvalue weighted by Crippen LogP contribution is -2.30. The molecule has 7 heteroatoms. The second kappa shape index (κ2) is 8.55. The van der Waals surface area contributed by atoms with Crippen molar-refractivity contribution in [3.8, 4) is 5.75 Å². The van der Waals surface area contributed by atoms with Gasteiger partial charge in [0.25, 0.3) is 0 Å². The summed E-state index contributed by atoms with van der Waals surface area (Å²) in [5.74, 6) is -1.42. The molecule has 2 aromatic rings. The SMILES string of the molecule is COc1ccc(C(=O)COC(=O)c2ccc(N3C(=O)[C@@H]4CC=CC[C@H]4C3=O)cc2)cc1. The van der Waals surface area contributed by atoms with Crippen LogP contribution in [0.2, 0.25) is 0 Å². The molecule has 2 aromatic carbocycles. The molecule has 4 rings (SSSR count). The van der Waals surface area contributed by atoms with Crippen molar-refractivity contribution in [2.75, 3.05) is 18.6 Å². The highest BCUT2D eigenvalue weighted by molar-refractivity contribution is 6.22. The van der Waals surface area contributed by atoms with Crippen LogP contribution in [0.15, 0.2) is 60.7 Å². The minimum Gasteiger partial charge on any atom is -0.497 e. The maximum atomic E-state index is 12.7. The molecule has 1 heterocycles. The van der Waals surface area contributed by atoms with E-state index >= 15 is 0 Å². The molecule has 0 radical (unpaired) electrons. The van der Waals surface area contributed by atoms with Crippen molar-refractivity contribution in [2.45, 2.75) is 12.8 Å². The number of Topliss-reactive ketones (excluding diaryl/α,β-unsaturated/α-hetero) is 1. The van der Waals surface area contributed by atoms with Gasteiger partial charge in [0.1, 0.15) is 5.75 Å². The average molecular weight is 419 g/mol. The first-order chi connectivity index (χ1) is 15.0. The fourth-order valence-electron chi connectivity index (χ4n) is 3.88. The van der Waals surface area contributed by atoms with E-state index in [1.54, 1.807) is 36.4 Å². The Morgan fingerprint density at radius 1 is 0.871 bits per heavy atom. The van der Waals surface area contributed by atoms with Crippen molar-refractivity contribution in [2.24, 2.45) is 11.8 Å². The van der Waals surface area contributed by atoms with Gasteiger partial charge in [0.15, 0.2) is 12.4 Å². The van der Waals surface area contributed by atoms with Gasteiger partial charge in [-0.25, -0.2) is 4.79 Å². The van der Waals surface area contributed by atoms with Gasteiger partial charge in [0.2, 0.25) is 11.8 Å². The number of ketones is 1. The van der Waals surface area contributed by atoms with E-state index in [1.165, 1.54) is 24.1 Å². The fourth-order valence-corrected chi connectivity index (χ4v) is 3.88. The number of carbonyl (C=O) groups is 4. The van der Waals surface area contributed by atoms with Gasteiger partial charge in [-0.05, 0) is 61.4 Å². The molecule has 31 heavy (non-hydrogen) atoms. The molecule has 1 aliphatic carbocycles. The van der Waals surface area contributed by atoms with Crippen molar-refractivity contribution < 1.29 is 28.7 Å². The second-order valence-electron chi connectivity index (χ2n) is 7.44. The first-order valence-corrected chi connectivity index (χ1v) is 9.97. The number of benzene rings is 2. The van der Waals surface area contributed by atoms with E-state index in [2.05, 4.69) is 0 Å². The first-order valence-electron chi connectivity index (χ1n) is 9.97.